The highest BCUT2D eigenvalue weighted by atomic mass is 79.9. The fourth-order valence-corrected chi connectivity index (χ4v) is 3.71. The van der Waals surface area contributed by atoms with Gasteiger partial charge in [0.25, 0.3) is 0 Å². The summed E-state index contributed by atoms with van der Waals surface area (Å²) < 4.78 is 38.4. The van der Waals surface area contributed by atoms with E-state index in [1.807, 2.05) is 0 Å². The molecule has 0 radical (unpaired) electrons. The van der Waals surface area contributed by atoms with Crippen molar-refractivity contribution in [1.82, 2.24) is 4.98 Å². The molecule has 0 atom stereocenters. The molecule has 0 fully saturated rings. The number of aromatic nitrogens is 1. The summed E-state index contributed by atoms with van der Waals surface area (Å²) in [7, 11) is 0. The van der Waals surface area contributed by atoms with E-state index in [4.69, 9.17) is 0 Å². The Bertz CT molecular complexity index is 919. The van der Waals surface area contributed by atoms with E-state index >= 15 is 0 Å². The van der Waals surface area contributed by atoms with Gasteiger partial charge in [-0.2, -0.15) is 13.2 Å². The van der Waals surface area contributed by atoms with Crippen LogP contribution in [0.25, 0.3) is 10.9 Å². The number of rotatable bonds is 3. The van der Waals surface area contributed by atoms with E-state index in [-0.39, 0.29) is 5.56 Å². The topological polar surface area (TPSA) is 53.1 Å². The maximum Gasteiger partial charge on any atom is 0.416 e. The largest absolute Gasteiger partial charge is 0.478 e. The molecular formula is C16H9BrF3NO2S. The highest BCUT2D eigenvalue weighted by Gasteiger charge is 2.30. The minimum absolute atomic E-state index is 0.120. The fraction of sp³-hybridized carbons (Fsp3) is 0.0625. The van der Waals surface area contributed by atoms with Crippen molar-refractivity contribution < 1.29 is 23.1 Å². The molecule has 2 N–H and O–H groups in total. The van der Waals surface area contributed by atoms with Crippen LogP contribution in [0.5, 0.6) is 0 Å². The van der Waals surface area contributed by atoms with Crippen molar-refractivity contribution in [3.05, 3.63) is 58.2 Å². The quantitative estimate of drug-likeness (QED) is 0.568. The molecule has 0 spiro atoms. The maximum atomic E-state index is 12.6. The smallest absolute Gasteiger partial charge is 0.416 e. The Morgan fingerprint density at radius 2 is 1.83 bits per heavy atom. The van der Waals surface area contributed by atoms with Crippen molar-refractivity contribution in [2.45, 2.75) is 16.0 Å². The SMILES string of the molecule is O=C(O)c1cc(Br)cc2[nH]cc(Sc3ccc(C(F)(F)F)cc3)c12. The third kappa shape index (κ3) is 3.29. The number of fused-ring (bicyclic) bond motifs is 1. The summed E-state index contributed by atoms with van der Waals surface area (Å²) in [5.74, 6) is -1.07. The van der Waals surface area contributed by atoms with Crippen LogP contribution in [0.3, 0.4) is 0 Å². The first-order chi connectivity index (χ1) is 11.3. The number of alkyl halides is 3. The fourth-order valence-electron chi connectivity index (χ4n) is 2.29. The monoisotopic (exact) mass is 415 g/mol. The average Bonchev–Trinajstić information content (AvgIpc) is 2.88. The van der Waals surface area contributed by atoms with Crippen LogP contribution in [-0.2, 0) is 6.18 Å². The van der Waals surface area contributed by atoms with Crippen molar-refractivity contribution in [2.75, 3.05) is 0 Å². The molecule has 3 nitrogen and oxygen atoms in total. The van der Waals surface area contributed by atoms with Gasteiger partial charge in [-0.25, -0.2) is 4.79 Å². The zero-order valence-corrected chi connectivity index (χ0v) is 14.2. The number of carboxylic acid groups (broad SMARTS) is 1. The van der Waals surface area contributed by atoms with E-state index in [0.717, 1.165) is 12.1 Å². The van der Waals surface area contributed by atoms with Crippen LogP contribution >= 0.6 is 27.7 Å². The van der Waals surface area contributed by atoms with E-state index < -0.39 is 17.7 Å². The van der Waals surface area contributed by atoms with Gasteiger partial charge in [0.1, 0.15) is 0 Å². The first-order valence-electron chi connectivity index (χ1n) is 6.65. The van der Waals surface area contributed by atoms with Gasteiger partial charge in [0, 0.05) is 31.4 Å². The van der Waals surface area contributed by atoms with Gasteiger partial charge in [-0.05, 0) is 36.4 Å². The van der Waals surface area contributed by atoms with Crippen LogP contribution in [0.15, 0.2) is 56.9 Å². The van der Waals surface area contributed by atoms with Crippen molar-refractivity contribution in [2.24, 2.45) is 0 Å². The lowest BCUT2D eigenvalue weighted by Gasteiger charge is -2.07. The summed E-state index contributed by atoms with van der Waals surface area (Å²) in [6, 6.07) is 7.99. The van der Waals surface area contributed by atoms with Crippen LogP contribution < -0.4 is 0 Å². The molecule has 0 amide bonds. The molecule has 3 rings (SSSR count). The number of hydrogen-bond acceptors (Lipinski definition) is 2. The molecule has 1 aromatic heterocycles. The minimum atomic E-state index is -4.38. The van der Waals surface area contributed by atoms with Crippen molar-refractivity contribution in [3.8, 4) is 0 Å². The molecule has 0 aliphatic heterocycles. The van der Waals surface area contributed by atoms with Crippen LogP contribution in [0.4, 0.5) is 13.2 Å². The van der Waals surface area contributed by atoms with E-state index in [1.165, 1.54) is 30.0 Å². The van der Waals surface area contributed by atoms with E-state index in [9.17, 15) is 23.1 Å². The molecule has 0 saturated heterocycles. The van der Waals surface area contributed by atoms with E-state index in [0.29, 0.717) is 25.2 Å². The summed E-state index contributed by atoms with van der Waals surface area (Å²) in [4.78, 5) is 15.7. The van der Waals surface area contributed by atoms with Crippen molar-refractivity contribution in [1.29, 1.82) is 0 Å². The zero-order valence-electron chi connectivity index (χ0n) is 11.8. The normalized spacial score (nSPS) is 11.8. The third-order valence-electron chi connectivity index (χ3n) is 3.35. The minimum Gasteiger partial charge on any atom is -0.478 e. The van der Waals surface area contributed by atoms with Gasteiger partial charge in [-0.15, -0.1) is 0 Å². The molecule has 124 valence electrons. The molecule has 0 saturated carbocycles. The highest BCUT2D eigenvalue weighted by Crippen LogP contribution is 2.38. The Morgan fingerprint density at radius 1 is 1.17 bits per heavy atom. The second-order valence-electron chi connectivity index (χ2n) is 4.96. The number of nitrogens with one attached hydrogen (secondary N) is 1. The standard InChI is InChI=1S/C16H9BrF3NO2S/c17-9-5-11(15(22)23)14-12(6-9)21-7-13(14)24-10-3-1-8(2-4-10)16(18,19)20/h1-7,21H,(H,22,23). The third-order valence-corrected chi connectivity index (χ3v) is 4.86. The number of aromatic amines is 1. The Kier molecular flexibility index (Phi) is 4.35. The number of carboxylic acids is 1. The summed E-state index contributed by atoms with van der Waals surface area (Å²) >= 11 is 4.46. The van der Waals surface area contributed by atoms with Gasteiger partial charge in [-0.3, -0.25) is 0 Å². The molecular weight excluding hydrogens is 407 g/mol. The van der Waals surface area contributed by atoms with E-state index in [2.05, 4.69) is 20.9 Å². The Labute approximate surface area is 147 Å². The van der Waals surface area contributed by atoms with Gasteiger partial charge >= 0.3 is 12.1 Å². The number of benzene rings is 2. The van der Waals surface area contributed by atoms with Crippen LogP contribution in [0, 0.1) is 0 Å². The average molecular weight is 416 g/mol. The second kappa shape index (κ2) is 6.18. The molecule has 24 heavy (non-hydrogen) atoms. The zero-order chi connectivity index (χ0) is 17.5. The van der Waals surface area contributed by atoms with Crippen molar-refractivity contribution >= 4 is 44.6 Å². The van der Waals surface area contributed by atoms with Crippen LogP contribution in [0.1, 0.15) is 15.9 Å². The second-order valence-corrected chi connectivity index (χ2v) is 6.99. The molecule has 0 aliphatic rings. The molecule has 0 unspecified atom stereocenters. The number of H-pyrrole nitrogens is 1. The molecule has 0 aliphatic carbocycles. The first-order valence-corrected chi connectivity index (χ1v) is 8.25. The number of carbonyl (C=O) groups is 1. The lowest BCUT2D eigenvalue weighted by Crippen LogP contribution is -2.03. The van der Waals surface area contributed by atoms with E-state index in [1.54, 1.807) is 12.3 Å². The molecule has 0 bridgehead atoms. The number of halogens is 4. The van der Waals surface area contributed by atoms with Crippen LogP contribution in [0.2, 0.25) is 0 Å². The predicted molar refractivity (Wildman–Crippen MR) is 88.5 cm³/mol. The summed E-state index contributed by atoms with van der Waals surface area (Å²) in [6.45, 7) is 0. The van der Waals surface area contributed by atoms with Gasteiger partial charge in [0.2, 0.25) is 0 Å². The molecule has 3 aromatic rings. The molecule has 1 heterocycles. The van der Waals surface area contributed by atoms with Gasteiger partial charge in [-0.1, -0.05) is 27.7 Å². The lowest BCUT2D eigenvalue weighted by molar-refractivity contribution is -0.137. The Balaban J connectivity index is 2.00. The molecule has 8 heteroatoms. The van der Waals surface area contributed by atoms with Gasteiger partial charge < -0.3 is 10.1 Å². The van der Waals surface area contributed by atoms with Crippen LogP contribution in [-0.4, -0.2) is 16.1 Å². The Morgan fingerprint density at radius 3 is 2.42 bits per heavy atom. The maximum absolute atomic E-state index is 12.6. The highest BCUT2D eigenvalue weighted by molar-refractivity contribution is 9.10. The number of aromatic carboxylic acids is 1. The summed E-state index contributed by atoms with van der Waals surface area (Å²) in [5.41, 5.74) is 0.0344. The lowest BCUT2D eigenvalue weighted by atomic mass is 10.1. The van der Waals surface area contributed by atoms with Gasteiger partial charge in [0.05, 0.1) is 11.1 Å². The Hall–Kier alpha value is -1.93. The summed E-state index contributed by atoms with van der Waals surface area (Å²) in [5, 5.41) is 9.90. The molecule has 2 aromatic carbocycles. The van der Waals surface area contributed by atoms with Gasteiger partial charge in [0.15, 0.2) is 0 Å². The van der Waals surface area contributed by atoms with Crippen molar-refractivity contribution in [3.63, 3.8) is 0 Å². The first kappa shape index (κ1) is 16.9. The number of hydrogen-bond donors (Lipinski definition) is 2. The summed E-state index contributed by atoms with van der Waals surface area (Å²) in [6.07, 6.45) is -2.74. The predicted octanol–water partition coefficient (Wildman–Crippen LogP) is 5.80.